The van der Waals surface area contributed by atoms with Crippen molar-refractivity contribution in [1.82, 2.24) is 4.90 Å². The summed E-state index contributed by atoms with van der Waals surface area (Å²) in [5.74, 6) is -0.208. The Balaban J connectivity index is 2.44. The first-order valence-corrected chi connectivity index (χ1v) is 2.66. The molecule has 1 heterocycles. The van der Waals surface area contributed by atoms with Gasteiger partial charge in [-0.2, -0.15) is 0 Å². The van der Waals surface area contributed by atoms with Crippen LogP contribution in [0.25, 0.3) is 0 Å². The van der Waals surface area contributed by atoms with Crippen molar-refractivity contribution in [3.8, 4) is 0 Å². The maximum Gasteiger partial charge on any atom is 0.236 e. The van der Waals surface area contributed by atoms with Crippen LogP contribution in [0, 0.1) is 0 Å². The van der Waals surface area contributed by atoms with Gasteiger partial charge in [0.2, 0.25) is 5.91 Å². The minimum absolute atomic E-state index is 0.00926. The molecule has 0 radical (unpaired) electrons. The highest BCUT2D eigenvalue weighted by Crippen LogP contribution is 2.23. The molecule has 1 aliphatic heterocycles. The van der Waals surface area contributed by atoms with Gasteiger partial charge in [0.05, 0.1) is 0 Å². The van der Waals surface area contributed by atoms with E-state index in [0.717, 1.165) is 0 Å². The van der Waals surface area contributed by atoms with Crippen molar-refractivity contribution in [1.29, 1.82) is 0 Å². The largest absolute Gasteiger partial charge is 0.368 e. The maximum atomic E-state index is 10.4. The standard InChI is InChI=1S/C5H10N2O/c1-3-4(5(6)8)7(3)2/h3-4H,1-2H3,(H2,6,8). The number of carbonyl (C=O) groups is 1. The maximum absolute atomic E-state index is 10.4. The van der Waals surface area contributed by atoms with E-state index in [2.05, 4.69) is 0 Å². The molecule has 3 atom stereocenters. The summed E-state index contributed by atoms with van der Waals surface area (Å²) in [6.07, 6.45) is 0. The van der Waals surface area contributed by atoms with Gasteiger partial charge in [0.15, 0.2) is 0 Å². The van der Waals surface area contributed by atoms with Gasteiger partial charge in [0, 0.05) is 6.04 Å². The van der Waals surface area contributed by atoms with Crippen LogP contribution in [0.1, 0.15) is 6.92 Å². The fraction of sp³-hybridized carbons (Fsp3) is 0.800. The van der Waals surface area contributed by atoms with Gasteiger partial charge in [-0.1, -0.05) is 0 Å². The highest BCUT2D eigenvalue weighted by molar-refractivity contribution is 5.83. The van der Waals surface area contributed by atoms with Gasteiger partial charge in [0.25, 0.3) is 0 Å². The second kappa shape index (κ2) is 1.45. The molecule has 3 nitrogen and oxygen atoms in total. The van der Waals surface area contributed by atoms with Crippen molar-refractivity contribution in [3.63, 3.8) is 0 Å². The first-order chi connectivity index (χ1) is 3.64. The molecule has 0 aliphatic carbocycles. The highest BCUT2D eigenvalue weighted by atomic mass is 16.1. The Morgan fingerprint density at radius 2 is 2.12 bits per heavy atom. The number of hydrogen-bond acceptors (Lipinski definition) is 2. The van der Waals surface area contributed by atoms with Crippen LogP contribution in [0.2, 0.25) is 0 Å². The summed E-state index contributed by atoms with van der Waals surface area (Å²) >= 11 is 0. The zero-order valence-corrected chi connectivity index (χ0v) is 5.09. The quantitative estimate of drug-likeness (QED) is 0.452. The highest BCUT2D eigenvalue weighted by Gasteiger charge is 2.44. The lowest BCUT2D eigenvalue weighted by atomic mass is 10.3. The fourth-order valence-electron chi connectivity index (χ4n) is 0.932. The zero-order chi connectivity index (χ0) is 6.31. The molecule has 1 saturated heterocycles. The van der Waals surface area contributed by atoms with E-state index < -0.39 is 0 Å². The molecule has 0 aromatic carbocycles. The number of primary amides is 1. The summed E-state index contributed by atoms with van der Waals surface area (Å²) in [5, 5.41) is 0. The monoisotopic (exact) mass is 114 g/mol. The third-order valence-electron chi connectivity index (χ3n) is 1.74. The van der Waals surface area contributed by atoms with Gasteiger partial charge in [-0.25, -0.2) is 0 Å². The van der Waals surface area contributed by atoms with Crippen molar-refractivity contribution in [3.05, 3.63) is 0 Å². The second-order valence-electron chi connectivity index (χ2n) is 2.25. The SMILES string of the molecule is CC1C(C(N)=O)N1C. The number of carbonyl (C=O) groups excluding carboxylic acids is 1. The summed E-state index contributed by atoms with van der Waals surface area (Å²) in [5.41, 5.74) is 5.00. The molecule has 0 aromatic heterocycles. The minimum Gasteiger partial charge on any atom is -0.368 e. The van der Waals surface area contributed by atoms with Crippen LogP contribution in [-0.4, -0.2) is 29.9 Å². The Morgan fingerprint density at radius 3 is 2.12 bits per heavy atom. The topological polar surface area (TPSA) is 46.1 Å². The van der Waals surface area contributed by atoms with Crippen molar-refractivity contribution in [2.45, 2.75) is 19.0 Å². The number of nitrogens with zero attached hydrogens (tertiary/aromatic N) is 1. The molecule has 3 heteroatoms. The molecule has 2 N–H and O–H groups in total. The van der Waals surface area contributed by atoms with Crippen LogP contribution in [0.4, 0.5) is 0 Å². The predicted molar refractivity (Wildman–Crippen MR) is 30.2 cm³/mol. The normalized spacial score (nSPS) is 44.0. The summed E-state index contributed by atoms with van der Waals surface area (Å²) in [4.78, 5) is 12.3. The predicted octanol–water partition coefficient (Wildman–Crippen LogP) is -0.826. The molecule has 8 heavy (non-hydrogen) atoms. The average molecular weight is 114 g/mol. The third kappa shape index (κ3) is 0.591. The van der Waals surface area contributed by atoms with E-state index in [9.17, 15) is 4.79 Å². The van der Waals surface area contributed by atoms with Gasteiger partial charge < -0.3 is 5.73 Å². The van der Waals surface area contributed by atoms with E-state index in [-0.39, 0.29) is 11.9 Å². The summed E-state index contributed by atoms with van der Waals surface area (Å²) < 4.78 is 0. The van der Waals surface area contributed by atoms with E-state index in [1.54, 1.807) is 0 Å². The lowest BCUT2D eigenvalue weighted by Crippen LogP contribution is -2.20. The van der Waals surface area contributed by atoms with Crippen LogP contribution < -0.4 is 5.73 Å². The first-order valence-electron chi connectivity index (χ1n) is 2.66. The first kappa shape index (κ1) is 5.56. The number of nitrogens with two attached hydrogens (primary N) is 1. The molecule has 1 amide bonds. The van der Waals surface area contributed by atoms with E-state index in [1.165, 1.54) is 0 Å². The average Bonchev–Trinajstić information content (AvgIpc) is 2.15. The summed E-state index contributed by atoms with van der Waals surface area (Å²) in [6.45, 7) is 1.98. The number of amides is 1. The van der Waals surface area contributed by atoms with Gasteiger partial charge in [-0.05, 0) is 14.0 Å². The van der Waals surface area contributed by atoms with E-state index in [4.69, 9.17) is 5.73 Å². The minimum atomic E-state index is -0.208. The fourth-order valence-corrected chi connectivity index (χ4v) is 0.932. The molecule has 1 rings (SSSR count). The Hall–Kier alpha value is -0.570. The van der Waals surface area contributed by atoms with E-state index >= 15 is 0 Å². The van der Waals surface area contributed by atoms with E-state index in [1.807, 2.05) is 18.9 Å². The second-order valence-corrected chi connectivity index (χ2v) is 2.25. The van der Waals surface area contributed by atoms with Crippen molar-refractivity contribution >= 4 is 5.91 Å². The number of likely N-dealkylation sites (N-methyl/N-ethyl adjacent to an activating group) is 1. The van der Waals surface area contributed by atoms with Gasteiger partial charge in [-0.3, -0.25) is 9.69 Å². The van der Waals surface area contributed by atoms with Gasteiger partial charge in [-0.15, -0.1) is 0 Å². The smallest absolute Gasteiger partial charge is 0.236 e. The van der Waals surface area contributed by atoms with E-state index in [0.29, 0.717) is 6.04 Å². The van der Waals surface area contributed by atoms with Crippen molar-refractivity contribution in [2.24, 2.45) is 5.73 Å². The molecule has 1 fully saturated rings. The Kier molecular flexibility index (Phi) is 1.01. The van der Waals surface area contributed by atoms with Crippen LogP contribution >= 0.6 is 0 Å². The molecule has 3 unspecified atom stereocenters. The lowest BCUT2D eigenvalue weighted by Gasteiger charge is -1.83. The van der Waals surface area contributed by atoms with Crippen molar-refractivity contribution in [2.75, 3.05) is 7.05 Å². The number of rotatable bonds is 1. The number of hydrogen-bond donors (Lipinski definition) is 1. The molecule has 0 saturated carbocycles. The van der Waals surface area contributed by atoms with Crippen LogP contribution in [0.3, 0.4) is 0 Å². The van der Waals surface area contributed by atoms with Gasteiger partial charge >= 0.3 is 0 Å². The molecule has 46 valence electrons. The summed E-state index contributed by atoms with van der Waals surface area (Å²) in [6, 6.07) is 0.377. The molecular weight excluding hydrogens is 104 g/mol. The molecule has 0 bridgehead atoms. The zero-order valence-electron chi connectivity index (χ0n) is 5.09. The summed E-state index contributed by atoms with van der Waals surface area (Å²) in [7, 11) is 1.89. The van der Waals surface area contributed by atoms with Crippen LogP contribution in [0.15, 0.2) is 0 Å². The van der Waals surface area contributed by atoms with Crippen molar-refractivity contribution < 1.29 is 4.79 Å². The molecule has 0 aromatic rings. The molecule has 1 aliphatic rings. The molecule has 0 spiro atoms. The van der Waals surface area contributed by atoms with Crippen LogP contribution in [-0.2, 0) is 4.79 Å². The Bertz CT molecular complexity index is 116. The van der Waals surface area contributed by atoms with Crippen LogP contribution in [0.5, 0.6) is 0 Å². The third-order valence-corrected chi connectivity index (χ3v) is 1.74. The van der Waals surface area contributed by atoms with Gasteiger partial charge in [0.1, 0.15) is 6.04 Å². The lowest BCUT2D eigenvalue weighted by molar-refractivity contribution is -0.118. The Labute approximate surface area is 48.5 Å². The molecular formula is C5H10N2O. The Morgan fingerprint density at radius 1 is 1.75 bits per heavy atom.